The second-order valence-electron chi connectivity index (χ2n) is 16.8. The number of benzene rings is 1. The molecule has 1 aromatic carbocycles. The van der Waals surface area contributed by atoms with E-state index in [0.29, 0.717) is 36.7 Å². The van der Waals surface area contributed by atoms with Gasteiger partial charge in [-0.25, -0.2) is 14.3 Å². The molecule has 0 amide bonds. The van der Waals surface area contributed by atoms with Crippen molar-refractivity contribution in [2.75, 3.05) is 33.5 Å². The Morgan fingerprint density at radius 1 is 0.982 bits per heavy atom. The van der Waals surface area contributed by atoms with Crippen molar-refractivity contribution in [2.24, 2.45) is 22.9 Å². The molecule has 0 saturated heterocycles. The lowest BCUT2D eigenvalue weighted by Crippen LogP contribution is -2.63. The van der Waals surface area contributed by atoms with Gasteiger partial charge in [-0.3, -0.25) is 0 Å². The number of oxime groups is 1. The van der Waals surface area contributed by atoms with Crippen molar-refractivity contribution >= 4 is 17.7 Å². The first kappa shape index (κ1) is 43.6. The summed E-state index contributed by atoms with van der Waals surface area (Å²) in [6.07, 6.45) is 10.1. The number of hydrogen-bond acceptors (Lipinski definition) is 13. The van der Waals surface area contributed by atoms with E-state index in [1.807, 2.05) is 18.2 Å². The van der Waals surface area contributed by atoms with E-state index < -0.39 is 40.9 Å². The van der Waals surface area contributed by atoms with Crippen molar-refractivity contribution in [3.63, 3.8) is 0 Å². The smallest absolute Gasteiger partial charge is 0.362 e. The van der Waals surface area contributed by atoms with Gasteiger partial charge in [-0.15, -0.1) is 11.7 Å². The third kappa shape index (κ3) is 9.61. The maximum absolute atomic E-state index is 14.3. The number of hydrogen-bond donors (Lipinski definition) is 2. The number of aromatic nitrogens is 3. The number of carbonyl (C=O) groups excluding carboxylic acids is 2. The molecule has 1 aliphatic heterocycles. The number of fused-ring (bicyclic) bond motifs is 2. The molecule has 14 heteroatoms. The Labute approximate surface area is 335 Å². The zero-order valence-corrected chi connectivity index (χ0v) is 34.5. The normalized spacial score (nSPS) is 24.7. The van der Waals surface area contributed by atoms with Gasteiger partial charge in [0.1, 0.15) is 42.5 Å². The van der Waals surface area contributed by atoms with Crippen LogP contribution in [-0.4, -0.2) is 93.4 Å². The summed E-state index contributed by atoms with van der Waals surface area (Å²) in [6, 6.07) is 4.74. The summed E-state index contributed by atoms with van der Waals surface area (Å²) in [5.74, 6) is -2.83. The summed E-state index contributed by atoms with van der Waals surface area (Å²) in [4.78, 5) is 33.6. The highest BCUT2D eigenvalue weighted by atomic mass is 16.7. The van der Waals surface area contributed by atoms with Gasteiger partial charge in [0.05, 0.1) is 18.2 Å². The highest BCUT2D eigenvalue weighted by molar-refractivity contribution is 6.03. The number of unbranched alkanes of at least 4 members (excludes halogenated alkanes) is 2. The van der Waals surface area contributed by atoms with E-state index in [-0.39, 0.29) is 55.4 Å². The Morgan fingerprint density at radius 3 is 2.28 bits per heavy atom. The van der Waals surface area contributed by atoms with Gasteiger partial charge in [0.25, 0.3) is 0 Å². The van der Waals surface area contributed by atoms with Crippen LogP contribution >= 0.6 is 0 Å². The fourth-order valence-electron chi connectivity index (χ4n) is 8.43. The minimum atomic E-state index is -1.57. The van der Waals surface area contributed by atoms with Gasteiger partial charge < -0.3 is 38.7 Å². The van der Waals surface area contributed by atoms with Crippen molar-refractivity contribution in [2.45, 2.75) is 115 Å². The Bertz CT molecular complexity index is 1820. The largest absolute Gasteiger partial charge is 0.490 e. The average molecular weight is 793 g/mol. The fraction of sp³-hybridized carbons (Fsp3) is 0.605. The number of carbonyl (C=O) groups is 2. The molecular weight excluding hydrogens is 732 g/mol. The van der Waals surface area contributed by atoms with E-state index in [0.717, 1.165) is 36.8 Å². The second kappa shape index (κ2) is 18.4. The Kier molecular flexibility index (Phi) is 14.1. The predicted molar refractivity (Wildman–Crippen MR) is 213 cm³/mol. The Hall–Kier alpha value is -4.53. The molecule has 0 radical (unpaired) electrons. The highest BCUT2D eigenvalue weighted by Gasteiger charge is 2.65. The molecule has 6 atom stereocenters. The van der Waals surface area contributed by atoms with E-state index >= 15 is 0 Å². The molecule has 2 aromatic rings. The van der Waals surface area contributed by atoms with E-state index in [1.165, 1.54) is 11.8 Å². The summed E-state index contributed by atoms with van der Waals surface area (Å²) in [7, 11) is 1.48. The second-order valence-corrected chi connectivity index (χ2v) is 16.8. The van der Waals surface area contributed by atoms with Crippen LogP contribution in [0.4, 0.5) is 0 Å². The van der Waals surface area contributed by atoms with Gasteiger partial charge in [0.15, 0.2) is 5.69 Å². The first-order chi connectivity index (χ1) is 27.1. The lowest BCUT2D eigenvalue weighted by atomic mass is 9.55. The van der Waals surface area contributed by atoms with Gasteiger partial charge in [0, 0.05) is 31.1 Å². The number of aliphatic hydroxyl groups excluding tert-OH is 2. The lowest BCUT2D eigenvalue weighted by Gasteiger charge is -2.58. The maximum atomic E-state index is 14.3. The third-order valence-corrected chi connectivity index (χ3v) is 10.4. The van der Waals surface area contributed by atoms with Crippen LogP contribution in [0.1, 0.15) is 125 Å². The predicted octanol–water partition coefficient (Wildman–Crippen LogP) is 6.89. The highest BCUT2D eigenvalue weighted by Crippen LogP contribution is 2.63. The summed E-state index contributed by atoms with van der Waals surface area (Å²) in [6.45, 7) is 18.7. The minimum Gasteiger partial charge on any atom is -0.490 e. The van der Waals surface area contributed by atoms with Crippen LogP contribution in [0.15, 0.2) is 60.3 Å². The van der Waals surface area contributed by atoms with Gasteiger partial charge in [-0.1, -0.05) is 48.0 Å². The SMILES string of the molecule is C=CCOc1ccc2c(c1)C1C(CCCCO)C(CCCCO)C=C3C(=NOC)CC(n4nnc(C(=O)OC(C)(C)C)c4C(=O)OC(C)(C)C)C(OCC=C)(O2)C31. The standard InChI is InChI=1S/C43H60N4O10/c1-10-22-53-28-18-19-33-31(25-28)35-29(17-13-15-21-49)27(16-12-14-20-48)24-30-32(45-52-9)26-34(43(55-33,36(30)35)54-23-11-2)47-38(40(51)57-42(6,7)8)37(44-46-47)39(50)56-41(3,4)5/h10-11,18-19,24-25,27,29,34-36,48-49H,1-2,12-17,20-23,26H2,3-9H3. The van der Waals surface area contributed by atoms with E-state index in [9.17, 15) is 19.8 Å². The number of aliphatic hydroxyl groups is 2. The summed E-state index contributed by atoms with van der Waals surface area (Å²) < 4.78 is 33.2. The molecule has 5 rings (SSSR count). The number of ether oxygens (including phenoxy) is 5. The van der Waals surface area contributed by atoms with Crippen LogP contribution in [0, 0.1) is 17.8 Å². The van der Waals surface area contributed by atoms with Crippen LogP contribution in [0.5, 0.6) is 11.5 Å². The van der Waals surface area contributed by atoms with Crippen molar-refractivity contribution in [3.05, 3.63) is 72.1 Å². The summed E-state index contributed by atoms with van der Waals surface area (Å²) in [5, 5.41) is 33.0. The quantitative estimate of drug-likeness (QED) is 0.0694. The fourth-order valence-corrected chi connectivity index (χ4v) is 8.43. The molecule has 1 aromatic heterocycles. The van der Waals surface area contributed by atoms with Crippen molar-refractivity contribution in [1.82, 2.24) is 15.0 Å². The van der Waals surface area contributed by atoms with Crippen LogP contribution in [0.3, 0.4) is 0 Å². The molecule has 1 fully saturated rings. The van der Waals surface area contributed by atoms with Crippen LogP contribution < -0.4 is 9.47 Å². The monoisotopic (exact) mass is 792 g/mol. The minimum absolute atomic E-state index is 0.00828. The summed E-state index contributed by atoms with van der Waals surface area (Å²) in [5.41, 5.74) is -0.00403. The lowest BCUT2D eigenvalue weighted by molar-refractivity contribution is -0.252. The molecule has 6 unspecified atom stereocenters. The molecular formula is C43H60N4O10. The average Bonchev–Trinajstić information content (AvgIpc) is 3.59. The third-order valence-electron chi connectivity index (χ3n) is 10.4. The van der Waals surface area contributed by atoms with Crippen LogP contribution in [0.2, 0.25) is 0 Å². The van der Waals surface area contributed by atoms with Crippen molar-refractivity contribution in [3.8, 4) is 11.5 Å². The number of rotatable bonds is 18. The molecule has 1 saturated carbocycles. The molecule has 2 N–H and O–H groups in total. The number of nitrogens with zero attached hydrogens (tertiary/aromatic N) is 4. The zero-order valence-electron chi connectivity index (χ0n) is 34.5. The molecule has 3 aliphatic rings. The molecule has 0 spiro atoms. The molecule has 2 aliphatic carbocycles. The first-order valence-corrected chi connectivity index (χ1v) is 19.9. The van der Waals surface area contributed by atoms with Gasteiger partial charge in [0.2, 0.25) is 11.5 Å². The maximum Gasteiger partial charge on any atom is 0.362 e. The van der Waals surface area contributed by atoms with Crippen molar-refractivity contribution < 1.29 is 48.3 Å². The van der Waals surface area contributed by atoms with Crippen LogP contribution in [0.25, 0.3) is 0 Å². The number of allylic oxidation sites excluding steroid dienone is 1. The molecule has 0 bridgehead atoms. The van der Waals surface area contributed by atoms with Crippen molar-refractivity contribution in [1.29, 1.82) is 0 Å². The van der Waals surface area contributed by atoms with Gasteiger partial charge >= 0.3 is 11.9 Å². The Balaban J connectivity index is 1.84. The topological polar surface area (TPSA) is 173 Å². The van der Waals surface area contributed by atoms with Crippen LogP contribution in [-0.2, 0) is 19.0 Å². The van der Waals surface area contributed by atoms with E-state index in [4.69, 9.17) is 28.5 Å². The molecule has 312 valence electrons. The molecule has 2 heterocycles. The van der Waals surface area contributed by atoms with Gasteiger partial charge in [-0.2, -0.15) is 0 Å². The zero-order chi connectivity index (χ0) is 41.5. The first-order valence-electron chi connectivity index (χ1n) is 19.9. The number of esters is 2. The van der Waals surface area contributed by atoms with Gasteiger partial charge in [-0.05, 0) is 103 Å². The molecule has 14 nitrogen and oxygen atoms in total. The summed E-state index contributed by atoms with van der Waals surface area (Å²) >= 11 is 0. The van der Waals surface area contributed by atoms with E-state index in [2.05, 4.69) is 34.7 Å². The Morgan fingerprint density at radius 2 is 1.65 bits per heavy atom. The van der Waals surface area contributed by atoms with E-state index in [1.54, 1.807) is 53.7 Å². The molecule has 57 heavy (non-hydrogen) atoms.